The summed E-state index contributed by atoms with van der Waals surface area (Å²) in [6.07, 6.45) is 0. The van der Waals surface area contributed by atoms with Crippen LogP contribution in [0.5, 0.6) is 0 Å². The minimum Gasteiger partial charge on any atom is -0.373 e. The Morgan fingerprint density at radius 3 is 2.52 bits per heavy atom. The quantitative estimate of drug-likeness (QED) is 0.786. The molecule has 0 radical (unpaired) electrons. The largest absolute Gasteiger partial charge is 0.373 e. The number of rotatable bonds is 7. The van der Waals surface area contributed by atoms with Crippen LogP contribution in [0.4, 0.5) is 5.82 Å². The number of anilines is 1. The number of nitrogens with one attached hydrogen (secondary N) is 1. The first-order valence-corrected chi connectivity index (χ1v) is 7.50. The lowest BCUT2D eigenvalue weighted by Crippen LogP contribution is -2.39. The molecule has 0 atom stereocenters. The molecular weight excluding hydrogens is 288 g/mol. The van der Waals surface area contributed by atoms with E-state index in [0.29, 0.717) is 29.0 Å². The van der Waals surface area contributed by atoms with Gasteiger partial charge in [-0.3, -0.25) is 4.79 Å². The molecule has 1 amide bonds. The third-order valence-electron chi connectivity index (χ3n) is 2.99. The van der Waals surface area contributed by atoms with Crippen molar-refractivity contribution >= 4 is 23.3 Å². The van der Waals surface area contributed by atoms with E-state index in [-0.39, 0.29) is 5.91 Å². The standard InChI is InChI=1S/C15H25ClN4O/c1-11(2)10-20(7-6-19(4)5)15(21)12-8-13(16)18-14(9-12)17-3/h8-9,11H,6-7,10H2,1-5H3,(H,17,18). The molecule has 21 heavy (non-hydrogen) atoms. The summed E-state index contributed by atoms with van der Waals surface area (Å²) in [6.45, 7) is 6.46. The Balaban J connectivity index is 2.95. The Kier molecular flexibility index (Phi) is 6.92. The van der Waals surface area contributed by atoms with Crippen molar-refractivity contribution in [1.82, 2.24) is 14.8 Å². The third kappa shape index (κ3) is 5.89. The number of carbonyl (C=O) groups excluding carboxylic acids is 1. The molecule has 0 aromatic carbocycles. The monoisotopic (exact) mass is 312 g/mol. The summed E-state index contributed by atoms with van der Waals surface area (Å²) in [4.78, 5) is 20.8. The number of likely N-dealkylation sites (N-methyl/N-ethyl adjacent to an activating group) is 1. The highest BCUT2D eigenvalue weighted by Crippen LogP contribution is 2.16. The van der Waals surface area contributed by atoms with E-state index in [2.05, 4.69) is 29.0 Å². The molecular formula is C15H25ClN4O. The van der Waals surface area contributed by atoms with Gasteiger partial charge in [-0.15, -0.1) is 0 Å². The molecule has 0 spiro atoms. The van der Waals surface area contributed by atoms with Gasteiger partial charge in [-0.05, 0) is 32.1 Å². The van der Waals surface area contributed by atoms with Crippen LogP contribution >= 0.6 is 11.6 Å². The van der Waals surface area contributed by atoms with E-state index in [4.69, 9.17) is 11.6 Å². The summed E-state index contributed by atoms with van der Waals surface area (Å²) in [5, 5.41) is 3.24. The van der Waals surface area contributed by atoms with E-state index in [1.165, 1.54) is 0 Å². The number of amides is 1. The average molecular weight is 313 g/mol. The Hall–Kier alpha value is -1.33. The molecule has 1 aromatic heterocycles. The molecule has 0 aliphatic rings. The van der Waals surface area contributed by atoms with Crippen LogP contribution in [0.2, 0.25) is 5.15 Å². The molecule has 0 aliphatic carbocycles. The normalized spacial score (nSPS) is 11.0. The molecule has 118 valence electrons. The summed E-state index contributed by atoms with van der Waals surface area (Å²) in [5.74, 6) is 1.01. The van der Waals surface area contributed by atoms with Gasteiger partial charge in [-0.1, -0.05) is 25.4 Å². The second-order valence-electron chi connectivity index (χ2n) is 5.76. The lowest BCUT2D eigenvalue weighted by molar-refractivity contribution is 0.0724. The maximum Gasteiger partial charge on any atom is 0.254 e. The molecule has 0 saturated carbocycles. The van der Waals surface area contributed by atoms with Gasteiger partial charge in [0.05, 0.1) is 0 Å². The molecule has 1 N–H and O–H groups in total. The molecule has 1 rings (SSSR count). The molecule has 0 aliphatic heterocycles. The van der Waals surface area contributed by atoms with E-state index in [1.54, 1.807) is 19.2 Å². The summed E-state index contributed by atoms with van der Waals surface area (Å²) in [6, 6.07) is 3.35. The van der Waals surface area contributed by atoms with Crippen molar-refractivity contribution in [1.29, 1.82) is 0 Å². The summed E-state index contributed by atoms with van der Waals surface area (Å²) in [7, 11) is 5.76. The topological polar surface area (TPSA) is 48.5 Å². The van der Waals surface area contributed by atoms with Gasteiger partial charge in [-0.2, -0.15) is 0 Å². The SMILES string of the molecule is CNc1cc(C(=O)N(CCN(C)C)CC(C)C)cc(Cl)n1. The van der Waals surface area contributed by atoms with Crippen molar-refractivity contribution in [3.63, 3.8) is 0 Å². The van der Waals surface area contributed by atoms with Crippen LogP contribution in [0, 0.1) is 5.92 Å². The number of aromatic nitrogens is 1. The molecule has 0 unspecified atom stereocenters. The van der Waals surface area contributed by atoms with E-state index in [1.807, 2.05) is 19.0 Å². The van der Waals surface area contributed by atoms with Gasteiger partial charge in [0, 0.05) is 32.2 Å². The molecule has 0 fully saturated rings. The molecule has 5 nitrogen and oxygen atoms in total. The molecule has 6 heteroatoms. The van der Waals surface area contributed by atoms with Crippen LogP contribution in [-0.2, 0) is 0 Å². The van der Waals surface area contributed by atoms with Crippen LogP contribution in [0.1, 0.15) is 24.2 Å². The van der Waals surface area contributed by atoms with Gasteiger partial charge >= 0.3 is 0 Å². The Morgan fingerprint density at radius 2 is 2.00 bits per heavy atom. The van der Waals surface area contributed by atoms with Crippen molar-refractivity contribution in [2.24, 2.45) is 5.92 Å². The van der Waals surface area contributed by atoms with Gasteiger partial charge in [0.25, 0.3) is 5.91 Å². The molecule has 1 heterocycles. The predicted molar refractivity (Wildman–Crippen MR) is 88.1 cm³/mol. The minimum atomic E-state index is -0.00801. The predicted octanol–water partition coefficient (Wildman–Crippen LogP) is 2.44. The van der Waals surface area contributed by atoms with E-state index >= 15 is 0 Å². The average Bonchev–Trinajstić information content (AvgIpc) is 2.41. The lowest BCUT2D eigenvalue weighted by atomic mass is 10.1. The third-order valence-corrected chi connectivity index (χ3v) is 3.18. The maximum absolute atomic E-state index is 12.7. The van der Waals surface area contributed by atoms with Crippen LogP contribution in [0.25, 0.3) is 0 Å². The molecule has 1 aromatic rings. The van der Waals surface area contributed by atoms with Gasteiger partial charge in [0.15, 0.2) is 0 Å². The van der Waals surface area contributed by atoms with Crippen molar-refractivity contribution < 1.29 is 4.79 Å². The number of hydrogen-bond acceptors (Lipinski definition) is 4. The fourth-order valence-electron chi connectivity index (χ4n) is 1.97. The summed E-state index contributed by atoms with van der Waals surface area (Å²) < 4.78 is 0. The van der Waals surface area contributed by atoms with Crippen molar-refractivity contribution in [3.8, 4) is 0 Å². The molecule has 0 bridgehead atoms. The van der Waals surface area contributed by atoms with Crippen LogP contribution in [0.15, 0.2) is 12.1 Å². The Labute approximate surface area is 132 Å². The van der Waals surface area contributed by atoms with E-state index < -0.39 is 0 Å². The number of carbonyl (C=O) groups is 1. The van der Waals surface area contributed by atoms with Gasteiger partial charge in [0.2, 0.25) is 0 Å². The highest BCUT2D eigenvalue weighted by atomic mass is 35.5. The Bertz CT molecular complexity index is 477. The minimum absolute atomic E-state index is 0.00801. The fraction of sp³-hybridized carbons (Fsp3) is 0.600. The zero-order valence-electron chi connectivity index (χ0n) is 13.5. The van der Waals surface area contributed by atoms with Gasteiger partial charge < -0.3 is 15.1 Å². The second-order valence-corrected chi connectivity index (χ2v) is 6.15. The van der Waals surface area contributed by atoms with Crippen LogP contribution in [-0.4, -0.2) is 61.5 Å². The number of halogens is 1. The van der Waals surface area contributed by atoms with Gasteiger partial charge in [-0.25, -0.2) is 4.98 Å². The van der Waals surface area contributed by atoms with E-state index in [0.717, 1.165) is 13.1 Å². The summed E-state index contributed by atoms with van der Waals surface area (Å²) >= 11 is 5.98. The first-order valence-electron chi connectivity index (χ1n) is 7.12. The van der Waals surface area contributed by atoms with Crippen LogP contribution < -0.4 is 5.32 Å². The van der Waals surface area contributed by atoms with Crippen molar-refractivity contribution in [2.75, 3.05) is 46.1 Å². The number of pyridine rings is 1. The Morgan fingerprint density at radius 1 is 1.33 bits per heavy atom. The molecule has 0 saturated heterocycles. The summed E-state index contributed by atoms with van der Waals surface area (Å²) in [5.41, 5.74) is 0.568. The van der Waals surface area contributed by atoms with Crippen LogP contribution in [0.3, 0.4) is 0 Å². The van der Waals surface area contributed by atoms with E-state index in [9.17, 15) is 4.79 Å². The van der Waals surface area contributed by atoms with Crippen molar-refractivity contribution in [3.05, 3.63) is 22.8 Å². The zero-order chi connectivity index (χ0) is 16.0. The first-order chi connectivity index (χ1) is 9.83. The maximum atomic E-state index is 12.7. The fourth-order valence-corrected chi connectivity index (χ4v) is 2.18. The van der Waals surface area contributed by atoms with Gasteiger partial charge in [0.1, 0.15) is 11.0 Å². The number of hydrogen-bond donors (Lipinski definition) is 1. The lowest BCUT2D eigenvalue weighted by Gasteiger charge is -2.26. The van der Waals surface area contributed by atoms with Crippen molar-refractivity contribution in [2.45, 2.75) is 13.8 Å². The zero-order valence-corrected chi connectivity index (χ0v) is 14.2. The first kappa shape index (κ1) is 17.7. The smallest absolute Gasteiger partial charge is 0.254 e. The highest BCUT2D eigenvalue weighted by molar-refractivity contribution is 6.29. The number of nitrogens with zero attached hydrogens (tertiary/aromatic N) is 3. The highest BCUT2D eigenvalue weighted by Gasteiger charge is 2.18. The second kappa shape index (κ2) is 8.20.